The second-order valence-corrected chi connectivity index (χ2v) is 4.86. The van der Waals surface area contributed by atoms with Crippen LogP contribution in [0.3, 0.4) is 0 Å². The van der Waals surface area contributed by atoms with E-state index in [1.807, 2.05) is 11.3 Å². The number of rotatable bonds is 4. The van der Waals surface area contributed by atoms with Gasteiger partial charge in [-0.05, 0) is 31.0 Å². The summed E-state index contributed by atoms with van der Waals surface area (Å²) in [6, 6.07) is 6.46. The summed E-state index contributed by atoms with van der Waals surface area (Å²) < 4.78 is 14.8. The van der Waals surface area contributed by atoms with Crippen molar-refractivity contribution in [3.63, 3.8) is 0 Å². The van der Waals surface area contributed by atoms with Gasteiger partial charge in [0.1, 0.15) is 18.0 Å². The number of anilines is 1. The molecule has 0 amide bonds. The molecule has 0 aliphatic carbocycles. The first-order valence-electron chi connectivity index (χ1n) is 6.86. The fourth-order valence-electron chi connectivity index (χ4n) is 2.40. The van der Waals surface area contributed by atoms with Gasteiger partial charge >= 0.3 is 0 Å². The Kier molecular flexibility index (Phi) is 3.51. The number of hydrogen-bond acceptors (Lipinski definition) is 4. The summed E-state index contributed by atoms with van der Waals surface area (Å²) in [4.78, 5) is 4.43. The average molecular weight is 285 g/mol. The molecule has 0 spiro atoms. The van der Waals surface area contributed by atoms with Gasteiger partial charge in [-0.1, -0.05) is 19.1 Å². The molecule has 0 unspecified atom stereocenters. The van der Waals surface area contributed by atoms with Crippen molar-refractivity contribution in [3.05, 3.63) is 53.2 Å². The van der Waals surface area contributed by atoms with Crippen molar-refractivity contribution in [2.75, 3.05) is 5.32 Å². The Labute approximate surface area is 121 Å². The third kappa shape index (κ3) is 2.56. The molecule has 1 N–H and O–H groups in total. The molecule has 21 heavy (non-hydrogen) atoms. The molecule has 0 bridgehead atoms. The Morgan fingerprint density at radius 1 is 1.24 bits per heavy atom. The maximum atomic E-state index is 12.9. The van der Waals surface area contributed by atoms with Crippen LogP contribution in [0.25, 0.3) is 5.78 Å². The number of hydrogen-bond donors (Lipinski definition) is 1. The van der Waals surface area contributed by atoms with Gasteiger partial charge in [-0.25, -0.2) is 9.37 Å². The maximum absolute atomic E-state index is 12.9. The number of aromatic nitrogens is 4. The topological polar surface area (TPSA) is 55.1 Å². The van der Waals surface area contributed by atoms with Crippen molar-refractivity contribution < 1.29 is 4.39 Å². The summed E-state index contributed by atoms with van der Waals surface area (Å²) in [5.41, 5.74) is 3.08. The van der Waals surface area contributed by atoms with Crippen LogP contribution in [0.15, 0.2) is 30.6 Å². The lowest BCUT2D eigenvalue weighted by molar-refractivity contribution is 0.627. The second-order valence-electron chi connectivity index (χ2n) is 4.86. The van der Waals surface area contributed by atoms with Crippen molar-refractivity contribution >= 4 is 11.6 Å². The molecule has 3 aromatic rings. The molecule has 2 aromatic heterocycles. The van der Waals surface area contributed by atoms with Crippen LogP contribution in [0.1, 0.15) is 23.7 Å². The molecule has 0 radical (unpaired) electrons. The van der Waals surface area contributed by atoms with E-state index in [0.717, 1.165) is 29.1 Å². The molecule has 0 fully saturated rings. The fraction of sp³-hybridized carbons (Fsp3) is 0.267. The first-order valence-corrected chi connectivity index (χ1v) is 6.86. The first-order chi connectivity index (χ1) is 10.2. The van der Waals surface area contributed by atoms with Gasteiger partial charge in [0.25, 0.3) is 5.78 Å². The predicted octanol–water partition coefficient (Wildman–Crippen LogP) is 2.75. The standard InChI is InChI=1S/C15H16FN5/c1-3-13-10(2)19-15-20-18-9-21(15)14(13)17-8-11-4-6-12(16)7-5-11/h4-7,9,17H,3,8H2,1-2H3. The van der Waals surface area contributed by atoms with Gasteiger partial charge in [0.2, 0.25) is 0 Å². The minimum absolute atomic E-state index is 0.228. The van der Waals surface area contributed by atoms with Gasteiger partial charge in [0.05, 0.1) is 0 Å². The number of fused-ring (bicyclic) bond motifs is 1. The Morgan fingerprint density at radius 2 is 2.00 bits per heavy atom. The molecule has 0 atom stereocenters. The lowest BCUT2D eigenvalue weighted by atomic mass is 10.1. The summed E-state index contributed by atoms with van der Waals surface area (Å²) in [5.74, 6) is 1.29. The van der Waals surface area contributed by atoms with Crippen molar-refractivity contribution in [2.24, 2.45) is 0 Å². The van der Waals surface area contributed by atoms with Crippen LogP contribution in [0, 0.1) is 12.7 Å². The average Bonchev–Trinajstić information content (AvgIpc) is 2.94. The molecule has 5 nitrogen and oxygen atoms in total. The number of halogens is 1. The maximum Gasteiger partial charge on any atom is 0.256 e. The van der Waals surface area contributed by atoms with Gasteiger partial charge in [-0.2, -0.15) is 0 Å². The van der Waals surface area contributed by atoms with E-state index >= 15 is 0 Å². The largest absolute Gasteiger partial charge is 0.367 e. The normalized spacial score (nSPS) is 11.0. The Bertz CT molecular complexity index is 764. The third-order valence-electron chi connectivity index (χ3n) is 3.49. The minimum atomic E-state index is -0.228. The summed E-state index contributed by atoms with van der Waals surface area (Å²) in [7, 11) is 0. The molecule has 0 aliphatic heterocycles. The molecule has 6 heteroatoms. The van der Waals surface area contributed by atoms with E-state index in [0.29, 0.717) is 12.3 Å². The first kappa shape index (κ1) is 13.5. The summed E-state index contributed by atoms with van der Waals surface area (Å²) in [6.07, 6.45) is 2.51. The lowest BCUT2D eigenvalue weighted by Gasteiger charge is -2.14. The SMILES string of the molecule is CCc1c(C)nc2nncn2c1NCc1ccc(F)cc1. The number of nitrogens with zero attached hydrogens (tertiary/aromatic N) is 4. The highest BCUT2D eigenvalue weighted by Crippen LogP contribution is 2.21. The van der Waals surface area contributed by atoms with Crippen LogP contribution in [0.4, 0.5) is 10.2 Å². The van der Waals surface area contributed by atoms with Crippen molar-refractivity contribution in [3.8, 4) is 0 Å². The van der Waals surface area contributed by atoms with E-state index in [1.54, 1.807) is 18.5 Å². The van der Waals surface area contributed by atoms with E-state index in [4.69, 9.17) is 0 Å². The molecule has 3 rings (SSSR count). The van der Waals surface area contributed by atoms with Gasteiger partial charge in [-0.3, -0.25) is 4.40 Å². The minimum Gasteiger partial charge on any atom is -0.367 e. The van der Waals surface area contributed by atoms with E-state index in [-0.39, 0.29) is 5.82 Å². The zero-order valence-electron chi connectivity index (χ0n) is 12.0. The fourth-order valence-corrected chi connectivity index (χ4v) is 2.40. The Hall–Kier alpha value is -2.50. The van der Waals surface area contributed by atoms with Crippen molar-refractivity contribution in [1.29, 1.82) is 0 Å². The summed E-state index contributed by atoms with van der Waals surface area (Å²) in [6.45, 7) is 4.66. The van der Waals surface area contributed by atoms with Gasteiger partial charge in [0, 0.05) is 17.8 Å². The highest BCUT2D eigenvalue weighted by molar-refractivity contribution is 5.53. The van der Waals surface area contributed by atoms with Crippen LogP contribution in [0.5, 0.6) is 0 Å². The second kappa shape index (κ2) is 5.47. The van der Waals surface area contributed by atoms with Crippen LogP contribution >= 0.6 is 0 Å². The number of aryl methyl sites for hydroxylation is 1. The zero-order valence-corrected chi connectivity index (χ0v) is 12.0. The molecular weight excluding hydrogens is 269 g/mol. The lowest BCUT2D eigenvalue weighted by Crippen LogP contribution is -2.10. The molecule has 108 valence electrons. The Balaban J connectivity index is 1.95. The van der Waals surface area contributed by atoms with Crippen molar-refractivity contribution in [1.82, 2.24) is 19.6 Å². The van der Waals surface area contributed by atoms with Gasteiger partial charge in [0.15, 0.2) is 0 Å². The quantitative estimate of drug-likeness (QED) is 0.801. The predicted molar refractivity (Wildman–Crippen MR) is 78.6 cm³/mol. The van der Waals surface area contributed by atoms with E-state index in [1.165, 1.54) is 12.1 Å². The molecule has 2 heterocycles. The number of nitrogens with one attached hydrogen (secondary N) is 1. The summed E-state index contributed by atoms with van der Waals surface area (Å²) >= 11 is 0. The van der Waals surface area contributed by atoms with E-state index in [2.05, 4.69) is 27.4 Å². The third-order valence-corrected chi connectivity index (χ3v) is 3.49. The molecule has 1 aromatic carbocycles. The van der Waals surface area contributed by atoms with E-state index < -0.39 is 0 Å². The van der Waals surface area contributed by atoms with Crippen LogP contribution < -0.4 is 5.32 Å². The van der Waals surface area contributed by atoms with Crippen LogP contribution in [-0.4, -0.2) is 19.6 Å². The summed E-state index contributed by atoms with van der Waals surface area (Å²) in [5, 5.41) is 11.3. The van der Waals surface area contributed by atoms with Gasteiger partial charge in [-0.15, -0.1) is 10.2 Å². The highest BCUT2D eigenvalue weighted by Gasteiger charge is 2.12. The van der Waals surface area contributed by atoms with Crippen LogP contribution in [-0.2, 0) is 13.0 Å². The molecule has 0 saturated carbocycles. The Morgan fingerprint density at radius 3 is 2.71 bits per heavy atom. The van der Waals surface area contributed by atoms with Crippen LogP contribution in [0.2, 0.25) is 0 Å². The van der Waals surface area contributed by atoms with E-state index in [9.17, 15) is 4.39 Å². The van der Waals surface area contributed by atoms with Gasteiger partial charge < -0.3 is 5.32 Å². The monoisotopic (exact) mass is 285 g/mol. The number of benzene rings is 1. The smallest absolute Gasteiger partial charge is 0.256 e. The highest BCUT2D eigenvalue weighted by atomic mass is 19.1. The van der Waals surface area contributed by atoms with Crippen molar-refractivity contribution in [2.45, 2.75) is 26.8 Å². The molecule has 0 aliphatic rings. The molecular formula is C15H16FN5. The molecule has 0 saturated heterocycles. The zero-order chi connectivity index (χ0) is 14.8.